The van der Waals surface area contributed by atoms with Crippen LogP contribution in [0.25, 0.3) is 0 Å². The Morgan fingerprint density at radius 3 is 2.14 bits per heavy atom. The van der Waals surface area contributed by atoms with Crippen LogP contribution >= 0.6 is 11.6 Å². The molecule has 0 aromatic heterocycles. The fraction of sp³-hybridized carbons (Fsp3) is 0.176. The van der Waals surface area contributed by atoms with Crippen molar-refractivity contribution in [1.82, 2.24) is 0 Å². The lowest BCUT2D eigenvalue weighted by molar-refractivity contribution is -0.464. The molecule has 0 atom stereocenters. The number of amidine groups is 1. The van der Waals surface area contributed by atoms with Crippen LogP contribution in [0.4, 0.5) is 11.4 Å². The van der Waals surface area contributed by atoms with E-state index in [0.29, 0.717) is 10.6 Å². The highest BCUT2D eigenvalue weighted by Crippen LogP contribution is 2.16. The number of carbonyl (C=O) groups excluding carboxylic acids is 1. The largest absolute Gasteiger partial charge is 0.322 e. The lowest BCUT2D eigenvalue weighted by Gasteiger charge is -2.06. The van der Waals surface area contributed by atoms with Crippen LogP contribution in [0.1, 0.15) is 17.3 Å². The minimum atomic E-state index is -0.181. The van der Waals surface area contributed by atoms with E-state index >= 15 is 0 Å². The Morgan fingerprint density at radius 1 is 1.00 bits per heavy atom. The molecule has 0 saturated heterocycles. The van der Waals surface area contributed by atoms with Gasteiger partial charge in [0.2, 0.25) is 5.84 Å². The summed E-state index contributed by atoms with van der Waals surface area (Å²) in [5.41, 5.74) is 2.23. The van der Waals surface area contributed by atoms with Gasteiger partial charge < -0.3 is 5.32 Å². The highest BCUT2D eigenvalue weighted by Gasteiger charge is 2.07. The van der Waals surface area contributed by atoms with E-state index in [1.54, 1.807) is 24.3 Å². The average Bonchev–Trinajstić information content (AvgIpc) is 2.49. The molecule has 2 rings (SSSR count). The molecule has 0 aliphatic rings. The average molecular weight is 317 g/mol. The number of amides is 1. The van der Waals surface area contributed by atoms with Gasteiger partial charge >= 0.3 is 0 Å². The third kappa shape index (κ3) is 4.33. The van der Waals surface area contributed by atoms with Crippen molar-refractivity contribution in [2.45, 2.75) is 6.92 Å². The van der Waals surface area contributed by atoms with Crippen LogP contribution in [0.3, 0.4) is 0 Å². The second-order valence-corrected chi connectivity index (χ2v) is 5.58. The minimum absolute atomic E-state index is 0.181. The summed E-state index contributed by atoms with van der Waals surface area (Å²) in [5.74, 6) is 0.856. The van der Waals surface area contributed by atoms with E-state index in [1.807, 2.05) is 49.9 Å². The summed E-state index contributed by atoms with van der Waals surface area (Å²) in [4.78, 5) is 12.1. The molecule has 0 aliphatic carbocycles. The van der Waals surface area contributed by atoms with E-state index in [2.05, 4.69) is 10.6 Å². The molecule has 4 nitrogen and oxygen atoms in total. The quantitative estimate of drug-likeness (QED) is 0.515. The molecular weight excluding hydrogens is 298 g/mol. The smallest absolute Gasteiger partial charge is 0.255 e. The maximum atomic E-state index is 12.1. The normalized spacial score (nSPS) is 10.0. The van der Waals surface area contributed by atoms with Crippen LogP contribution in [0.2, 0.25) is 5.02 Å². The molecule has 2 aromatic rings. The van der Waals surface area contributed by atoms with Crippen molar-refractivity contribution in [2.75, 3.05) is 24.7 Å². The van der Waals surface area contributed by atoms with Crippen LogP contribution in [-0.4, -0.2) is 30.4 Å². The third-order valence-electron chi connectivity index (χ3n) is 3.23. The van der Waals surface area contributed by atoms with Crippen LogP contribution in [0.5, 0.6) is 0 Å². The molecule has 0 aliphatic heterocycles. The maximum Gasteiger partial charge on any atom is 0.255 e. The predicted octanol–water partition coefficient (Wildman–Crippen LogP) is 3.69. The van der Waals surface area contributed by atoms with E-state index < -0.39 is 0 Å². The molecule has 22 heavy (non-hydrogen) atoms. The van der Waals surface area contributed by atoms with E-state index in [9.17, 15) is 4.79 Å². The van der Waals surface area contributed by atoms with Gasteiger partial charge in [-0.3, -0.25) is 9.37 Å². The molecule has 0 unspecified atom stereocenters. The predicted molar refractivity (Wildman–Crippen MR) is 92.3 cm³/mol. The van der Waals surface area contributed by atoms with Crippen molar-refractivity contribution < 1.29 is 9.37 Å². The molecule has 0 fully saturated rings. The molecule has 114 valence electrons. The van der Waals surface area contributed by atoms with Crippen molar-refractivity contribution >= 4 is 34.7 Å². The van der Waals surface area contributed by atoms with Crippen LogP contribution in [-0.2, 0) is 0 Å². The van der Waals surface area contributed by atoms with Gasteiger partial charge in [-0.1, -0.05) is 17.7 Å². The van der Waals surface area contributed by atoms with Gasteiger partial charge in [0.05, 0.1) is 14.1 Å². The first-order valence-corrected chi connectivity index (χ1v) is 7.28. The lowest BCUT2D eigenvalue weighted by Crippen LogP contribution is -2.18. The summed E-state index contributed by atoms with van der Waals surface area (Å²) in [6.45, 7) is 1.99. The molecule has 2 aromatic carbocycles. The zero-order valence-corrected chi connectivity index (χ0v) is 13.6. The first kappa shape index (κ1) is 16.0. The fourth-order valence-electron chi connectivity index (χ4n) is 1.79. The summed E-state index contributed by atoms with van der Waals surface area (Å²) >= 11 is 5.89. The van der Waals surface area contributed by atoms with E-state index in [-0.39, 0.29) is 5.91 Å². The summed E-state index contributed by atoms with van der Waals surface area (Å²) in [7, 11) is 3.95. The molecule has 5 heteroatoms. The van der Waals surface area contributed by atoms with Gasteiger partial charge in [-0.2, -0.15) is 0 Å². The highest BCUT2D eigenvalue weighted by molar-refractivity contribution is 6.31. The topological polar surface area (TPSA) is 44.1 Å². The number of halogens is 1. The summed E-state index contributed by atoms with van der Waals surface area (Å²) in [5, 5.41) is 6.66. The Morgan fingerprint density at radius 2 is 1.59 bits per heavy atom. The number of hydrogen-bond acceptors (Lipinski definition) is 1. The van der Waals surface area contributed by atoms with Crippen molar-refractivity contribution in [3.8, 4) is 0 Å². The number of nitrogens with zero attached hydrogens (tertiary/aromatic N) is 1. The van der Waals surface area contributed by atoms with Crippen molar-refractivity contribution in [1.29, 1.82) is 0 Å². The van der Waals surface area contributed by atoms with Gasteiger partial charge in [-0.15, -0.1) is 0 Å². The Labute approximate surface area is 135 Å². The Bertz CT molecular complexity index is 704. The summed E-state index contributed by atoms with van der Waals surface area (Å²) in [6, 6.07) is 14.4. The molecule has 0 bridgehead atoms. The maximum absolute atomic E-state index is 12.1. The van der Waals surface area contributed by atoms with Gasteiger partial charge in [-0.25, -0.2) is 5.32 Å². The number of anilines is 2. The molecule has 1 amide bonds. The van der Waals surface area contributed by atoms with Gasteiger partial charge in [0, 0.05) is 23.2 Å². The van der Waals surface area contributed by atoms with Gasteiger partial charge in [-0.05, 0) is 42.5 Å². The molecule has 0 heterocycles. The fourth-order valence-corrected chi connectivity index (χ4v) is 1.98. The Hall–Kier alpha value is -2.33. The number of hydrogen-bond donors (Lipinski definition) is 2. The molecule has 0 spiro atoms. The zero-order valence-electron chi connectivity index (χ0n) is 12.9. The molecular formula is C17H19ClN3O+. The monoisotopic (exact) mass is 316 g/mol. The van der Waals surface area contributed by atoms with Crippen molar-refractivity contribution in [3.05, 3.63) is 59.1 Å². The number of benzene rings is 2. The van der Waals surface area contributed by atoms with Gasteiger partial charge in [0.1, 0.15) is 5.69 Å². The van der Waals surface area contributed by atoms with Crippen LogP contribution < -0.4 is 10.6 Å². The number of carbonyl (C=O) groups is 1. The number of rotatable bonds is 3. The molecule has 2 N–H and O–H groups in total. The Balaban J connectivity index is 2.05. The van der Waals surface area contributed by atoms with Crippen LogP contribution in [0, 0.1) is 0 Å². The first-order valence-electron chi connectivity index (χ1n) is 6.90. The third-order valence-corrected chi connectivity index (χ3v) is 3.46. The van der Waals surface area contributed by atoms with Gasteiger partial charge in [0.25, 0.3) is 5.91 Å². The second-order valence-electron chi connectivity index (χ2n) is 5.15. The van der Waals surface area contributed by atoms with Crippen molar-refractivity contribution in [3.63, 3.8) is 0 Å². The standard InChI is InChI=1S/C17H18ClN3O/c1-12(21(2)3)19-15-7-9-16(10-8-15)20-17(22)13-5-4-6-14(18)11-13/h4-11H,1-3H3,(H,20,22)/p+1. The Kier molecular flexibility index (Phi) is 5.17. The summed E-state index contributed by atoms with van der Waals surface area (Å²) < 4.78 is 1.99. The first-order chi connectivity index (χ1) is 10.5. The molecule has 0 saturated carbocycles. The SMILES string of the molecule is CC(Nc1ccc(NC(=O)c2cccc(Cl)c2)cc1)=[N+](C)C. The molecule has 0 radical (unpaired) electrons. The summed E-state index contributed by atoms with van der Waals surface area (Å²) in [6.07, 6.45) is 0. The van der Waals surface area contributed by atoms with E-state index in [1.165, 1.54) is 0 Å². The van der Waals surface area contributed by atoms with Crippen LogP contribution in [0.15, 0.2) is 48.5 Å². The minimum Gasteiger partial charge on any atom is -0.322 e. The van der Waals surface area contributed by atoms with E-state index in [0.717, 1.165) is 17.2 Å². The van der Waals surface area contributed by atoms with Gasteiger partial charge in [0.15, 0.2) is 0 Å². The number of nitrogens with one attached hydrogen (secondary N) is 2. The lowest BCUT2D eigenvalue weighted by atomic mass is 10.2. The zero-order chi connectivity index (χ0) is 16.1. The van der Waals surface area contributed by atoms with Crippen molar-refractivity contribution in [2.24, 2.45) is 0 Å². The highest BCUT2D eigenvalue weighted by atomic mass is 35.5. The second kappa shape index (κ2) is 7.09. The van der Waals surface area contributed by atoms with E-state index in [4.69, 9.17) is 11.6 Å².